The minimum absolute atomic E-state index is 0. The fourth-order valence-electron chi connectivity index (χ4n) is 2.45. The molecule has 8 heteroatoms. The van der Waals surface area contributed by atoms with Crippen molar-refractivity contribution >= 4 is 45.5 Å². The van der Waals surface area contributed by atoms with Gasteiger partial charge in [0.2, 0.25) is 0 Å². The first-order valence-corrected chi connectivity index (χ1v) is 11.3. The van der Waals surface area contributed by atoms with Crippen LogP contribution in [0.15, 0.2) is 29.3 Å². The molecule has 156 valence electrons. The van der Waals surface area contributed by atoms with Gasteiger partial charge in [-0.2, -0.15) is 0 Å². The number of anilines is 1. The van der Waals surface area contributed by atoms with Crippen LogP contribution in [-0.4, -0.2) is 59.6 Å². The third kappa shape index (κ3) is 12.1. The molecule has 0 saturated heterocycles. The second kappa shape index (κ2) is 13.2. The van der Waals surface area contributed by atoms with Crippen molar-refractivity contribution in [3.8, 4) is 0 Å². The zero-order valence-corrected chi connectivity index (χ0v) is 20.3. The quantitative estimate of drug-likeness (QED) is 0.219. The Labute approximate surface area is 182 Å². The van der Waals surface area contributed by atoms with E-state index < -0.39 is 9.84 Å². The monoisotopic (exact) mass is 510 g/mol. The van der Waals surface area contributed by atoms with Crippen LogP contribution in [0.2, 0.25) is 0 Å². The molecule has 0 saturated carbocycles. The van der Waals surface area contributed by atoms with E-state index in [4.69, 9.17) is 0 Å². The van der Waals surface area contributed by atoms with Gasteiger partial charge < -0.3 is 15.5 Å². The van der Waals surface area contributed by atoms with Gasteiger partial charge in [0, 0.05) is 45.2 Å². The molecule has 27 heavy (non-hydrogen) atoms. The summed E-state index contributed by atoms with van der Waals surface area (Å²) in [5.74, 6) is 0.931. The van der Waals surface area contributed by atoms with Gasteiger partial charge in [-0.1, -0.05) is 12.1 Å². The lowest BCUT2D eigenvalue weighted by molar-refractivity contribution is 0.581. The van der Waals surface area contributed by atoms with Gasteiger partial charge in [-0.05, 0) is 50.8 Å². The standard InChI is InChI=1S/C19H34N4O2S.HI/c1-6-20-19(22-16(2)13-15-26(5,24)25)21-14-7-8-17-9-11-18(12-10-17)23(3)4;/h9-12,16H,6-8,13-15H2,1-5H3,(H2,20,21,22);1H. The Balaban J connectivity index is 0.00000676. The molecule has 1 aromatic carbocycles. The highest BCUT2D eigenvalue weighted by atomic mass is 127. The number of guanidine groups is 1. The first-order chi connectivity index (χ1) is 12.2. The highest BCUT2D eigenvalue weighted by Gasteiger charge is 2.09. The molecule has 0 spiro atoms. The number of rotatable bonds is 10. The zero-order chi connectivity index (χ0) is 19.6. The van der Waals surface area contributed by atoms with Gasteiger partial charge in [0.05, 0.1) is 5.75 Å². The number of aryl methyl sites for hydroxylation is 1. The van der Waals surface area contributed by atoms with Crippen molar-refractivity contribution in [2.45, 2.75) is 39.2 Å². The fraction of sp³-hybridized carbons (Fsp3) is 0.632. The molecule has 0 aromatic heterocycles. The summed E-state index contributed by atoms with van der Waals surface area (Å²) in [6.45, 7) is 5.50. The van der Waals surface area contributed by atoms with Crippen LogP contribution in [0.3, 0.4) is 0 Å². The topological polar surface area (TPSA) is 73.8 Å². The summed E-state index contributed by atoms with van der Waals surface area (Å²) in [4.78, 5) is 6.69. The predicted octanol–water partition coefficient (Wildman–Crippen LogP) is 2.68. The molecule has 1 unspecified atom stereocenters. The minimum Gasteiger partial charge on any atom is -0.378 e. The maximum absolute atomic E-state index is 11.3. The number of hydrogen-bond acceptors (Lipinski definition) is 4. The molecule has 0 radical (unpaired) electrons. The van der Waals surface area contributed by atoms with E-state index in [9.17, 15) is 8.42 Å². The average Bonchev–Trinajstić information content (AvgIpc) is 2.57. The van der Waals surface area contributed by atoms with E-state index >= 15 is 0 Å². The lowest BCUT2D eigenvalue weighted by Crippen LogP contribution is -2.42. The van der Waals surface area contributed by atoms with Crippen molar-refractivity contribution in [3.05, 3.63) is 29.8 Å². The number of nitrogens with one attached hydrogen (secondary N) is 2. The van der Waals surface area contributed by atoms with Crippen LogP contribution in [0, 0.1) is 0 Å². The van der Waals surface area contributed by atoms with Crippen LogP contribution < -0.4 is 15.5 Å². The van der Waals surface area contributed by atoms with Gasteiger partial charge >= 0.3 is 0 Å². The Kier molecular flexibility index (Phi) is 12.7. The first kappa shape index (κ1) is 26.0. The summed E-state index contributed by atoms with van der Waals surface area (Å²) in [6, 6.07) is 8.65. The molecule has 0 aliphatic heterocycles. The number of sulfone groups is 1. The van der Waals surface area contributed by atoms with Gasteiger partial charge in [-0.25, -0.2) is 8.42 Å². The van der Waals surface area contributed by atoms with Crippen LogP contribution in [0.4, 0.5) is 5.69 Å². The van der Waals surface area contributed by atoms with Crippen molar-refractivity contribution in [2.24, 2.45) is 4.99 Å². The van der Waals surface area contributed by atoms with E-state index in [0.29, 0.717) is 6.42 Å². The first-order valence-electron chi connectivity index (χ1n) is 9.20. The second-order valence-electron chi connectivity index (χ2n) is 6.89. The van der Waals surface area contributed by atoms with Crippen LogP contribution in [-0.2, 0) is 16.3 Å². The Morgan fingerprint density at radius 2 is 1.85 bits per heavy atom. The second-order valence-corrected chi connectivity index (χ2v) is 9.15. The number of nitrogens with zero attached hydrogens (tertiary/aromatic N) is 2. The third-order valence-electron chi connectivity index (χ3n) is 4.00. The molecular weight excluding hydrogens is 475 g/mol. The lowest BCUT2D eigenvalue weighted by atomic mass is 10.1. The molecule has 0 aliphatic carbocycles. The summed E-state index contributed by atoms with van der Waals surface area (Å²) >= 11 is 0. The van der Waals surface area contributed by atoms with Gasteiger partial charge in [0.15, 0.2) is 5.96 Å². The highest BCUT2D eigenvalue weighted by Crippen LogP contribution is 2.13. The van der Waals surface area contributed by atoms with E-state index in [-0.39, 0.29) is 35.8 Å². The summed E-state index contributed by atoms with van der Waals surface area (Å²) in [5, 5.41) is 6.49. The summed E-state index contributed by atoms with van der Waals surface area (Å²) < 4.78 is 22.5. The normalized spacial score (nSPS) is 12.9. The molecule has 1 atom stereocenters. The molecular formula is C19H35IN4O2S. The summed E-state index contributed by atoms with van der Waals surface area (Å²) in [6.07, 6.45) is 3.79. The molecule has 0 amide bonds. The maximum Gasteiger partial charge on any atom is 0.191 e. The van der Waals surface area contributed by atoms with Crippen molar-refractivity contribution < 1.29 is 8.42 Å². The Morgan fingerprint density at radius 1 is 1.22 bits per heavy atom. The van der Waals surface area contributed by atoms with E-state index in [1.165, 1.54) is 17.5 Å². The summed E-state index contributed by atoms with van der Waals surface area (Å²) in [5.41, 5.74) is 2.51. The molecule has 0 aliphatic rings. The lowest BCUT2D eigenvalue weighted by Gasteiger charge is -2.17. The molecule has 1 aromatic rings. The van der Waals surface area contributed by atoms with E-state index in [2.05, 4.69) is 44.8 Å². The molecule has 0 heterocycles. The highest BCUT2D eigenvalue weighted by molar-refractivity contribution is 14.0. The number of aliphatic imine (C=N–C) groups is 1. The van der Waals surface area contributed by atoms with E-state index in [1.54, 1.807) is 0 Å². The minimum atomic E-state index is -2.93. The van der Waals surface area contributed by atoms with Crippen LogP contribution in [0.1, 0.15) is 32.3 Å². The Bertz CT molecular complexity index is 661. The fourth-order valence-corrected chi connectivity index (χ4v) is 3.23. The van der Waals surface area contributed by atoms with Crippen molar-refractivity contribution in [3.63, 3.8) is 0 Å². The van der Waals surface area contributed by atoms with Gasteiger partial charge in [0.1, 0.15) is 9.84 Å². The van der Waals surface area contributed by atoms with Crippen molar-refractivity contribution in [2.75, 3.05) is 44.1 Å². The zero-order valence-electron chi connectivity index (χ0n) is 17.2. The number of halogens is 1. The molecule has 0 bridgehead atoms. The summed E-state index contributed by atoms with van der Waals surface area (Å²) in [7, 11) is 1.14. The van der Waals surface area contributed by atoms with Crippen LogP contribution in [0.5, 0.6) is 0 Å². The smallest absolute Gasteiger partial charge is 0.191 e. The van der Waals surface area contributed by atoms with Crippen LogP contribution in [0.25, 0.3) is 0 Å². The molecule has 0 fully saturated rings. The van der Waals surface area contributed by atoms with Gasteiger partial charge in [-0.15, -0.1) is 24.0 Å². The van der Waals surface area contributed by atoms with E-state index in [0.717, 1.165) is 31.9 Å². The third-order valence-corrected chi connectivity index (χ3v) is 4.97. The number of benzene rings is 1. The Hall–Kier alpha value is -1.03. The van der Waals surface area contributed by atoms with Crippen molar-refractivity contribution in [1.82, 2.24) is 10.6 Å². The van der Waals surface area contributed by atoms with Gasteiger partial charge in [-0.3, -0.25) is 4.99 Å². The van der Waals surface area contributed by atoms with Crippen molar-refractivity contribution in [1.29, 1.82) is 0 Å². The number of hydrogen-bond donors (Lipinski definition) is 2. The molecule has 2 N–H and O–H groups in total. The predicted molar refractivity (Wildman–Crippen MR) is 127 cm³/mol. The largest absolute Gasteiger partial charge is 0.378 e. The van der Waals surface area contributed by atoms with E-state index in [1.807, 2.05) is 27.9 Å². The maximum atomic E-state index is 11.3. The van der Waals surface area contributed by atoms with Gasteiger partial charge in [0.25, 0.3) is 0 Å². The molecule has 1 rings (SSSR count). The average molecular weight is 510 g/mol. The van der Waals surface area contributed by atoms with Crippen LogP contribution >= 0.6 is 24.0 Å². The SMILES string of the molecule is CCNC(=NCCCc1ccc(N(C)C)cc1)NC(C)CCS(C)(=O)=O.I. The molecule has 6 nitrogen and oxygen atoms in total. The Morgan fingerprint density at radius 3 is 2.37 bits per heavy atom.